The Morgan fingerprint density at radius 3 is 2.21 bits per heavy atom. The molecule has 2 aromatic carbocycles. The first kappa shape index (κ1) is 21.1. The minimum Gasteiger partial charge on any atom is -0.496 e. The van der Waals surface area contributed by atoms with E-state index in [9.17, 15) is 9.59 Å². The highest BCUT2D eigenvalue weighted by molar-refractivity contribution is 6.04. The van der Waals surface area contributed by atoms with Crippen LogP contribution in [0.3, 0.4) is 0 Å². The van der Waals surface area contributed by atoms with E-state index >= 15 is 0 Å². The summed E-state index contributed by atoms with van der Waals surface area (Å²) in [5, 5.41) is 5.62. The van der Waals surface area contributed by atoms with Crippen LogP contribution in [0.4, 0.5) is 5.69 Å². The number of hydrogen-bond acceptors (Lipinski definition) is 5. The molecule has 2 rings (SSSR count). The minimum absolute atomic E-state index is 0.0441. The van der Waals surface area contributed by atoms with Gasteiger partial charge in [0, 0.05) is 24.2 Å². The Morgan fingerprint density at radius 1 is 1.00 bits per heavy atom. The van der Waals surface area contributed by atoms with Gasteiger partial charge < -0.3 is 24.8 Å². The van der Waals surface area contributed by atoms with Gasteiger partial charge >= 0.3 is 0 Å². The van der Waals surface area contributed by atoms with Gasteiger partial charge in [0.05, 0.1) is 25.5 Å². The van der Waals surface area contributed by atoms with Gasteiger partial charge in [0.2, 0.25) is 0 Å². The molecule has 0 saturated carbocycles. The third-order valence-corrected chi connectivity index (χ3v) is 4.13. The molecule has 0 aliphatic rings. The summed E-state index contributed by atoms with van der Waals surface area (Å²) in [7, 11) is 3.07. The number of carbonyl (C=O) groups is 2. The van der Waals surface area contributed by atoms with Crippen LogP contribution in [0.2, 0.25) is 0 Å². The van der Waals surface area contributed by atoms with Crippen molar-refractivity contribution in [1.29, 1.82) is 0 Å². The largest absolute Gasteiger partial charge is 0.496 e. The zero-order chi connectivity index (χ0) is 20.5. The van der Waals surface area contributed by atoms with Gasteiger partial charge in [-0.3, -0.25) is 9.59 Å². The van der Waals surface area contributed by atoms with E-state index in [0.29, 0.717) is 28.5 Å². The molecule has 2 N–H and O–H groups in total. The molecule has 7 nitrogen and oxygen atoms in total. The van der Waals surface area contributed by atoms with Gasteiger partial charge in [-0.15, -0.1) is 0 Å². The summed E-state index contributed by atoms with van der Waals surface area (Å²) < 4.78 is 15.9. The lowest BCUT2D eigenvalue weighted by molar-refractivity contribution is -0.118. The van der Waals surface area contributed by atoms with E-state index in [1.807, 2.05) is 13.8 Å². The predicted octanol–water partition coefficient (Wildman–Crippen LogP) is 3.25. The Bertz CT molecular complexity index is 800. The first-order valence-corrected chi connectivity index (χ1v) is 9.02. The SMILES string of the molecule is CC[C@@H](C)NC(=O)c1ccccc1NC(=O)COc1cc(OC)cc(OC)c1. The van der Waals surface area contributed by atoms with E-state index in [1.165, 1.54) is 14.2 Å². The molecule has 0 aliphatic heterocycles. The van der Waals surface area contributed by atoms with Crippen molar-refractivity contribution in [3.05, 3.63) is 48.0 Å². The van der Waals surface area contributed by atoms with E-state index < -0.39 is 0 Å². The highest BCUT2D eigenvalue weighted by Gasteiger charge is 2.15. The van der Waals surface area contributed by atoms with Crippen LogP contribution in [-0.2, 0) is 4.79 Å². The molecule has 0 fully saturated rings. The number of rotatable bonds is 9. The van der Waals surface area contributed by atoms with Crippen molar-refractivity contribution in [3.63, 3.8) is 0 Å². The van der Waals surface area contributed by atoms with E-state index in [2.05, 4.69) is 10.6 Å². The molecular weight excluding hydrogens is 360 g/mol. The van der Waals surface area contributed by atoms with Crippen LogP contribution in [0.25, 0.3) is 0 Å². The topological polar surface area (TPSA) is 85.9 Å². The molecule has 150 valence electrons. The lowest BCUT2D eigenvalue weighted by Gasteiger charge is -2.15. The second-order valence-electron chi connectivity index (χ2n) is 6.21. The molecular formula is C21H26N2O5. The molecule has 0 aliphatic carbocycles. The minimum atomic E-state index is -0.384. The zero-order valence-electron chi connectivity index (χ0n) is 16.6. The molecule has 0 saturated heterocycles. The Kier molecular flexibility index (Phi) is 7.68. The maximum absolute atomic E-state index is 12.4. The molecule has 0 radical (unpaired) electrons. The molecule has 2 amide bonds. The van der Waals surface area contributed by atoms with Crippen LogP contribution in [-0.4, -0.2) is 38.7 Å². The monoisotopic (exact) mass is 386 g/mol. The fourth-order valence-corrected chi connectivity index (χ4v) is 2.39. The zero-order valence-corrected chi connectivity index (χ0v) is 16.6. The van der Waals surface area contributed by atoms with Crippen LogP contribution in [0, 0.1) is 0 Å². The van der Waals surface area contributed by atoms with E-state index in [0.717, 1.165) is 6.42 Å². The fraction of sp³-hybridized carbons (Fsp3) is 0.333. The van der Waals surface area contributed by atoms with Crippen LogP contribution in [0.15, 0.2) is 42.5 Å². The average Bonchev–Trinajstić information content (AvgIpc) is 2.72. The number of amides is 2. The van der Waals surface area contributed by atoms with Gasteiger partial charge in [-0.25, -0.2) is 0 Å². The number of anilines is 1. The number of hydrogen-bond donors (Lipinski definition) is 2. The number of methoxy groups -OCH3 is 2. The standard InChI is InChI=1S/C21H26N2O5/c1-5-14(2)22-21(25)18-8-6-7-9-19(18)23-20(24)13-28-17-11-15(26-3)10-16(12-17)27-4/h6-12,14H,5,13H2,1-4H3,(H,22,25)(H,23,24)/t14-/m1/s1. The molecule has 0 spiro atoms. The molecule has 0 bridgehead atoms. The van der Waals surface area contributed by atoms with Crippen LogP contribution in [0.1, 0.15) is 30.6 Å². The molecule has 0 unspecified atom stereocenters. The van der Waals surface area contributed by atoms with Gasteiger partial charge in [0.25, 0.3) is 11.8 Å². The predicted molar refractivity (Wildman–Crippen MR) is 107 cm³/mol. The molecule has 2 aromatic rings. The summed E-state index contributed by atoms with van der Waals surface area (Å²) in [6, 6.07) is 11.9. The number of carbonyl (C=O) groups excluding carboxylic acids is 2. The summed E-state index contributed by atoms with van der Waals surface area (Å²) in [5.74, 6) is 0.937. The van der Waals surface area contributed by atoms with Crippen molar-refractivity contribution in [2.24, 2.45) is 0 Å². The second-order valence-corrected chi connectivity index (χ2v) is 6.21. The lowest BCUT2D eigenvalue weighted by Crippen LogP contribution is -2.33. The first-order chi connectivity index (χ1) is 13.5. The van der Waals surface area contributed by atoms with E-state index in [1.54, 1.807) is 42.5 Å². The normalized spacial score (nSPS) is 11.3. The van der Waals surface area contributed by atoms with Gasteiger partial charge in [0.1, 0.15) is 17.2 Å². The maximum Gasteiger partial charge on any atom is 0.262 e. The summed E-state index contributed by atoms with van der Waals surface area (Å²) in [4.78, 5) is 24.7. The lowest BCUT2D eigenvalue weighted by atomic mass is 10.1. The third-order valence-electron chi connectivity index (χ3n) is 4.13. The average molecular weight is 386 g/mol. The molecule has 7 heteroatoms. The summed E-state index contributed by atoms with van der Waals surface area (Å²) >= 11 is 0. The molecule has 28 heavy (non-hydrogen) atoms. The molecule has 0 heterocycles. The van der Waals surface area contributed by atoms with Crippen LogP contribution >= 0.6 is 0 Å². The van der Waals surface area contributed by atoms with Crippen LogP contribution < -0.4 is 24.8 Å². The van der Waals surface area contributed by atoms with E-state index in [-0.39, 0.29) is 24.5 Å². The Morgan fingerprint density at radius 2 is 1.61 bits per heavy atom. The number of para-hydroxylation sites is 1. The molecule has 0 aromatic heterocycles. The van der Waals surface area contributed by atoms with Gasteiger partial charge in [-0.05, 0) is 25.5 Å². The van der Waals surface area contributed by atoms with Crippen molar-refractivity contribution < 1.29 is 23.8 Å². The highest BCUT2D eigenvalue weighted by Crippen LogP contribution is 2.27. The Balaban J connectivity index is 2.03. The van der Waals surface area contributed by atoms with Gasteiger partial charge in [-0.2, -0.15) is 0 Å². The fourth-order valence-electron chi connectivity index (χ4n) is 2.39. The van der Waals surface area contributed by atoms with Crippen molar-refractivity contribution in [2.75, 3.05) is 26.1 Å². The quantitative estimate of drug-likeness (QED) is 0.691. The summed E-state index contributed by atoms with van der Waals surface area (Å²) in [6.07, 6.45) is 0.818. The maximum atomic E-state index is 12.4. The molecule has 1 atom stereocenters. The first-order valence-electron chi connectivity index (χ1n) is 9.02. The Hall–Kier alpha value is -3.22. The van der Waals surface area contributed by atoms with Gasteiger partial charge in [-0.1, -0.05) is 19.1 Å². The smallest absolute Gasteiger partial charge is 0.262 e. The van der Waals surface area contributed by atoms with Crippen molar-refractivity contribution in [3.8, 4) is 17.2 Å². The number of ether oxygens (including phenoxy) is 3. The highest BCUT2D eigenvalue weighted by atomic mass is 16.5. The Labute approximate surface area is 165 Å². The van der Waals surface area contributed by atoms with Crippen LogP contribution in [0.5, 0.6) is 17.2 Å². The third kappa shape index (κ3) is 5.90. The van der Waals surface area contributed by atoms with Crippen molar-refractivity contribution in [1.82, 2.24) is 5.32 Å². The number of nitrogens with one attached hydrogen (secondary N) is 2. The van der Waals surface area contributed by atoms with E-state index in [4.69, 9.17) is 14.2 Å². The van der Waals surface area contributed by atoms with Gasteiger partial charge in [0.15, 0.2) is 6.61 Å². The van der Waals surface area contributed by atoms with Crippen molar-refractivity contribution in [2.45, 2.75) is 26.3 Å². The summed E-state index contributed by atoms with van der Waals surface area (Å²) in [6.45, 7) is 3.69. The number of benzene rings is 2. The van der Waals surface area contributed by atoms with Crippen molar-refractivity contribution >= 4 is 17.5 Å². The summed E-state index contributed by atoms with van der Waals surface area (Å²) in [5.41, 5.74) is 0.833. The second kappa shape index (κ2) is 10.2.